The van der Waals surface area contributed by atoms with E-state index in [1.807, 2.05) is 0 Å². The van der Waals surface area contributed by atoms with Crippen molar-refractivity contribution >= 4 is 17.9 Å². The van der Waals surface area contributed by atoms with Crippen LogP contribution in [0.4, 0.5) is 0 Å². The molecule has 0 aromatic rings. The Bertz CT molecular complexity index is 277. The maximum atomic E-state index is 9.25. The van der Waals surface area contributed by atoms with Gasteiger partial charge in [0.25, 0.3) is 0 Å². The molecule has 120 valence electrons. The van der Waals surface area contributed by atoms with Gasteiger partial charge in [0.2, 0.25) is 0 Å². The minimum Gasteiger partial charge on any atom is -0.478 e. The van der Waals surface area contributed by atoms with Crippen LogP contribution >= 0.6 is 0 Å². The molecule has 3 N–H and O–H groups in total. The summed E-state index contributed by atoms with van der Waals surface area (Å²) in [7, 11) is 0. The van der Waals surface area contributed by atoms with E-state index in [1.54, 1.807) is 0 Å². The van der Waals surface area contributed by atoms with Crippen LogP contribution in [-0.4, -0.2) is 53.2 Å². The Balaban J connectivity index is -0.000000207. The second kappa shape index (κ2) is 19.9. The lowest BCUT2D eigenvalue weighted by atomic mass is 10.5. The van der Waals surface area contributed by atoms with Crippen molar-refractivity contribution in [3.63, 3.8) is 0 Å². The highest BCUT2D eigenvalue weighted by molar-refractivity contribution is 5.79. The lowest BCUT2D eigenvalue weighted by Crippen LogP contribution is -2.11. The molecule has 1 rings (SSSR count). The lowest BCUT2D eigenvalue weighted by Gasteiger charge is -2.09. The average molecular weight is 304 g/mol. The van der Waals surface area contributed by atoms with Crippen molar-refractivity contribution in [2.24, 2.45) is 0 Å². The van der Waals surface area contributed by atoms with Crippen molar-refractivity contribution in [2.75, 3.05) is 20.0 Å². The molecular formula is C13H20O8. The molecule has 0 amide bonds. The Morgan fingerprint density at radius 1 is 0.762 bits per heavy atom. The van der Waals surface area contributed by atoms with Crippen molar-refractivity contribution in [3.8, 4) is 0 Å². The van der Waals surface area contributed by atoms with Gasteiger partial charge in [0.1, 0.15) is 6.79 Å². The summed E-state index contributed by atoms with van der Waals surface area (Å²) in [5.41, 5.74) is 0. The first-order valence-corrected chi connectivity index (χ1v) is 5.53. The second-order valence-electron chi connectivity index (χ2n) is 2.91. The van der Waals surface area contributed by atoms with Crippen molar-refractivity contribution in [1.29, 1.82) is 0 Å². The van der Waals surface area contributed by atoms with Gasteiger partial charge in [-0.2, -0.15) is 0 Å². The SMILES string of the molecule is C1COCOC1.C=CC(=O)O.C=CC(=O)O.C=CC(=O)O. The molecule has 1 aliphatic rings. The highest BCUT2D eigenvalue weighted by atomic mass is 16.7. The zero-order valence-corrected chi connectivity index (χ0v) is 11.6. The summed E-state index contributed by atoms with van der Waals surface area (Å²) in [5, 5.41) is 22.8. The van der Waals surface area contributed by atoms with Crippen molar-refractivity contribution in [3.05, 3.63) is 38.0 Å². The van der Waals surface area contributed by atoms with Crippen LogP contribution in [0.1, 0.15) is 6.42 Å². The number of hydrogen-bond donors (Lipinski definition) is 3. The van der Waals surface area contributed by atoms with Gasteiger partial charge >= 0.3 is 17.9 Å². The van der Waals surface area contributed by atoms with Crippen LogP contribution in [0.2, 0.25) is 0 Å². The highest BCUT2D eigenvalue weighted by Crippen LogP contribution is 1.91. The largest absolute Gasteiger partial charge is 0.478 e. The van der Waals surface area contributed by atoms with Gasteiger partial charge in [0, 0.05) is 18.2 Å². The molecule has 0 bridgehead atoms. The smallest absolute Gasteiger partial charge is 0.327 e. The molecule has 0 radical (unpaired) electrons. The quantitative estimate of drug-likeness (QED) is 0.662. The van der Waals surface area contributed by atoms with E-state index in [2.05, 4.69) is 19.7 Å². The fourth-order valence-electron chi connectivity index (χ4n) is 0.440. The number of carboxylic acids is 3. The third-order valence-electron chi connectivity index (χ3n) is 1.27. The Morgan fingerprint density at radius 2 is 1.00 bits per heavy atom. The summed E-state index contributed by atoms with van der Waals surface area (Å²) < 4.78 is 9.69. The first kappa shape index (κ1) is 23.6. The molecule has 8 heteroatoms. The Kier molecular flexibility index (Phi) is 22.4. The van der Waals surface area contributed by atoms with E-state index < -0.39 is 17.9 Å². The topological polar surface area (TPSA) is 130 Å². The molecule has 1 heterocycles. The molecule has 8 nitrogen and oxygen atoms in total. The van der Waals surface area contributed by atoms with Crippen LogP contribution in [0.15, 0.2) is 38.0 Å². The Morgan fingerprint density at radius 3 is 1.05 bits per heavy atom. The lowest BCUT2D eigenvalue weighted by molar-refractivity contribution is -0.132. The number of hydrogen-bond acceptors (Lipinski definition) is 5. The molecule has 0 aliphatic carbocycles. The number of carbonyl (C=O) groups is 3. The van der Waals surface area contributed by atoms with E-state index in [1.165, 1.54) is 0 Å². The molecular weight excluding hydrogens is 284 g/mol. The van der Waals surface area contributed by atoms with Gasteiger partial charge in [-0.3, -0.25) is 0 Å². The van der Waals surface area contributed by atoms with E-state index in [0.29, 0.717) is 6.79 Å². The van der Waals surface area contributed by atoms with Gasteiger partial charge < -0.3 is 24.8 Å². The monoisotopic (exact) mass is 304 g/mol. The maximum absolute atomic E-state index is 9.25. The Hall–Kier alpha value is -2.45. The molecule has 0 aromatic heterocycles. The van der Waals surface area contributed by atoms with Crippen LogP contribution in [0.5, 0.6) is 0 Å². The van der Waals surface area contributed by atoms with Crippen LogP contribution in [0.25, 0.3) is 0 Å². The van der Waals surface area contributed by atoms with Gasteiger partial charge in [-0.05, 0) is 6.42 Å². The van der Waals surface area contributed by atoms with Gasteiger partial charge in [-0.1, -0.05) is 19.7 Å². The molecule has 1 fully saturated rings. The summed E-state index contributed by atoms with van der Waals surface area (Å²) in [6.07, 6.45) is 3.56. The normalized spacial score (nSPS) is 11.4. The van der Waals surface area contributed by atoms with E-state index in [-0.39, 0.29) is 0 Å². The summed E-state index contributed by atoms with van der Waals surface area (Å²) in [6, 6.07) is 0. The zero-order valence-electron chi connectivity index (χ0n) is 11.6. The standard InChI is InChI=1S/C4H8O2.3C3H4O2/c1-2-5-4-6-3-1;3*1-2-3(4)5/h1-4H2;3*2H,1H2,(H,4,5). The fourth-order valence-corrected chi connectivity index (χ4v) is 0.440. The zero-order chi connectivity index (χ0) is 17.1. The van der Waals surface area contributed by atoms with Crippen molar-refractivity contribution in [1.82, 2.24) is 0 Å². The second-order valence-corrected chi connectivity index (χ2v) is 2.91. The minimum absolute atomic E-state index is 0.500. The summed E-state index contributed by atoms with van der Waals surface area (Å²) in [4.78, 5) is 27.8. The van der Waals surface area contributed by atoms with Gasteiger partial charge in [0.05, 0.1) is 13.2 Å². The number of ether oxygens (including phenoxy) is 2. The van der Waals surface area contributed by atoms with Crippen LogP contribution < -0.4 is 0 Å². The van der Waals surface area contributed by atoms with Crippen LogP contribution in [0, 0.1) is 0 Å². The Labute approximate surface area is 122 Å². The first-order valence-electron chi connectivity index (χ1n) is 5.53. The third kappa shape index (κ3) is 46.5. The molecule has 0 spiro atoms. The summed E-state index contributed by atoms with van der Waals surface area (Å²) in [5.74, 6) is -2.94. The maximum Gasteiger partial charge on any atom is 0.327 e. The predicted octanol–water partition coefficient (Wildman–Crippen LogP) is 1.15. The number of carboxylic acid groups (broad SMARTS) is 3. The van der Waals surface area contributed by atoms with Crippen molar-refractivity contribution < 1.29 is 39.2 Å². The number of rotatable bonds is 3. The molecule has 0 atom stereocenters. The predicted molar refractivity (Wildman–Crippen MR) is 74.9 cm³/mol. The molecule has 0 unspecified atom stereocenters. The van der Waals surface area contributed by atoms with E-state index in [9.17, 15) is 14.4 Å². The van der Waals surface area contributed by atoms with Crippen molar-refractivity contribution in [2.45, 2.75) is 6.42 Å². The fraction of sp³-hybridized carbons (Fsp3) is 0.308. The van der Waals surface area contributed by atoms with Gasteiger partial charge in [-0.15, -0.1) is 0 Å². The molecule has 0 aromatic carbocycles. The molecule has 1 aliphatic heterocycles. The van der Waals surface area contributed by atoms with E-state index in [4.69, 9.17) is 24.8 Å². The van der Waals surface area contributed by atoms with Gasteiger partial charge in [-0.25, -0.2) is 14.4 Å². The third-order valence-corrected chi connectivity index (χ3v) is 1.27. The molecule has 21 heavy (non-hydrogen) atoms. The van der Waals surface area contributed by atoms with Gasteiger partial charge in [0.15, 0.2) is 0 Å². The van der Waals surface area contributed by atoms with Crippen LogP contribution in [-0.2, 0) is 23.9 Å². The summed E-state index contributed by atoms with van der Waals surface area (Å²) >= 11 is 0. The average Bonchev–Trinajstić information content (AvgIpc) is 2.50. The molecule has 1 saturated heterocycles. The highest BCUT2D eigenvalue weighted by Gasteiger charge is 1.94. The first-order chi connectivity index (χ1) is 9.81. The number of aliphatic carboxylic acids is 3. The van der Waals surface area contributed by atoms with E-state index >= 15 is 0 Å². The minimum atomic E-state index is -0.981. The van der Waals surface area contributed by atoms with E-state index in [0.717, 1.165) is 37.9 Å². The summed E-state index contributed by atoms with van der Waals surface area (Å²) in [6.45, 7) is 11.1. The van der Waals surface area contributed by atoms with Crippen LogP contribution in [0.3, 0.4) is 0 Å². The molecule has 0 saturated carbocycles.